The second kappa shape index (κ2) is 11.5. The van der Waals surface area contributed by atoms with E-state index in [1.807, 2.05) is 0 Å². The molecule has 0 aromatic heterocycles. The Balaban J connectivity index is 1.51. The van der Waals surface area contributed by atoms with Gasteiger partial charge in [-0.15, -0.1) is 0 Å². The number of urea groups is 1. The van der Waals surface area contributed by atoms with Crippen LogP contribution in [0.4, 0.5) is 10.5 Å². The Labute approximate surface area is 227 Å². The summed E-state index contributed by atoms with van der Waals surface area (Å²) in [7, 11) is 0. The van der Waals surface area contributed by atoms with Gasteiger partial charge in [-0.3, -0.25) is 14.9 Å². The number of anilines is 1. The molecule has 1 N–H and O–H groups in total. The summed E-state index contributed by atoms with van der Waals surface area (Å²) in [4.78, 5) is 39.0. The number of benzene rings is 3. The Bertz CT molecular complexity index is 1420. The van der Waals surface area contributed by atoms with E-state index in [2.05, 4.69) is 11.9 Å². The van der Waals surface area contributed by atoms with Crippen LogP contribution in [0.5, 0.6) is 11.5 Å². The van der Waals surface area contributed by atoms with Gasteiger partial charge < -0.3 is 9.47 Å². The minimum atomic E-state index is -0.861. The zero-order valence-corrected chi connectivity index (χ0v) is 21.4. The minimum Gasteiger partial charge on any atom is -0.489 e. The number of ether oxygens (including phenoxy) is 2. The van der Waals surface area contributed by atoms with Gasteiger partial charge in [-0.25, -0.2) is 9.69 Å². The summed E-state index contributed by atoms with van der Waals surface area (Å²) in [6.45, 7) is 4.05. The van der Waals surface area contributed by atoms with Gasteiger partial charge in [-0.2, -0.15) is 0 Å². The van der Waals surface area contributed by atoms with Crippen LogP contribution in [0.3, 0.4) is 0 Å². The van der Waals surface area contributed by atoms with Gasteiger partial charge in [0.1, 0.15) is 30.3 Å². The fourth-order valence-electron chi connectivity index (χ4n) is 3.42. The summed E-state index contributed by atoms with van der Waals surface area (Å²) in [5.41, 5.74) is 1.25. The van der Waals surface area contributed by atoms with Crippen molar-refractivity contribution in [1.29, 1.82) is 0 Å². The molecule has 37 heavy (non-hydrogen) atoms. The lowest BCUT2D eigenvalue weighted by Crippen LogP contribution is -2.54. The number of halogens is 3. The highest BCUT2D eigenvalue weighted by molar-refractivity contribution is 6.39. The van der Waals surface area contributed by atoms with Crippen LogP contribution < -0.4 is 19.7 Å². The van der Waals surface area contributed by atoms with Gasteiger partial charge in [-0.1, -0.05) is 59.6 Å². The van der Waals surface area contributed by atoms with Crippen molar-refractivity contribution >= 4 is 64.4 Å². The number of carbonyl (C=O) groups excluding carboxylic acids is 3. The van der Waals surface area contributed by atoms with E-state index in [4.69, 9.17) is 44.3 Å². The maximum Gasteiger partial charge on any atom is 0.335 e. The molecule has 1 saturated heterocycles. The second-order valence-electron chi connectivity index (χ2n) is 7.77. The minimum absolute atomic E-state index is 0.194. The molecule has 1 heterocycles. The van der Waals surface area contributed by atoms with Crippen LogP contribution in [0.2, 0.25) is 15.1 Å². The Morgan fingerprint density at radius 3 is 2.32 bits per heavy atom. The monoisotopic (exact) mass is 556 g/mol. The number of nitrogens with zero attached hydrogens (tertiary/aromatic N) is 1. The van der Waals surface area contributed by atoms with E-state index in [1.165, 1.54) is 18.2 Å². The highest BCUT2D eigenvalue weighted by atomic mass is 35.5. The molecule has 7 nitrogen and oxygen atoms in total. The lowest BCUT2D eigenvalue weighted by Gasteiger charge is -2.26. The third-order valence-electron chi connectivity index (χ3n) is 5.23. The summed E-state index contributed by atoms with van der Waals surface area (Å²) in [6, 6.07) is 15.3. The summed E-state index contributed by atoms with van der Waals surface area (Å²) in [5, 5.41) is 3.48. The van der Waals surface area contributed by atoms with Crippen molar-refractivity contribution in [1.82, 2.24) is 5.32 Å². The molecule has 0 unspecified atom stereocenters. The van der Waals surface area contributed by atoms with Gasteiger partial charge in [0, 0.05) is 15.6 Å². The SMILES string of the molecule is C=CCOc1ccc(/C=C2\C(=O)NC(=O)N(c3ccc(OCc4ccc(Cl)cc4Cl)cc3)C2=O)cc1Cl. The van der Waals surface area contributed by atoms with Crippen LogP contribution in [-0.2, 0) is 16.2 Å². The maximum absolute atomic E-state index is 13.2. The number of rotatable bonds is 8. The van der Waals surface area contributed by atoms with Crippen molar-refractivity contribution in [3.05, 3.63) is 105 Å². The first-order chi connectivity index (χ1) is 17.8. The van der Waals surface area contributed by atoms with Gasteiger partial charge in [0.25, 0.3) is 11.8 Å². The first-order valence-electron chi connectivity index (χ1n) is 10.9. The number of hydrogen-bond acceptors (Lipinski definition) is 5. The Morgan fingerprint density at radius 1 is 0.892 bits per heavy atom. The molecule has 4 amide bonds. The smallest absolute Gasteiger partial charge is 0.335 e. The Morgan fingerprint density at radius 2 is 1.65 bits per heavy atom. The molecule has 1 aliphatic rings. The van der Waals surface area contributed by atoms with Crippen molar-refractivity contribution in [3.63, 3.8) is 0 Å². The molecule has 0 bridgehead atoms. The molecule has 188 valence electrons. The van der Waals surface area contributed by atoms with Crippen molar-refractivity contribution in [3.8, 4) is 11.5 Å². The van der Waals surface area contributed by atoms with Gasteiger partial charge in [0.15, 0.2) is 0 Å². The predicted molar refractivity (Wildman–Crippen MR) is 143 cm³/mol. The van der Waals surface area contributed by atoms with E-state index in [-0.39, 0.29) is 24.5 Å². The number of barbiturate groups is 1. The summed E-state index contributed by atoms with van der Waals surface area (Å²) < 4.78 is 11.2. The molecule has 0 radical (unpaired) electrons. The number of nitrogens with one attached hydrogen (secondary N) is 1. The standard InChI is InChI=1S/C27H19Cl3N2O5/c1-2-11-36-24-10-3-16(13-23(24)30)12-21-25(33)31-27(35)32(26(21)34)19-6-8-20(9-7-19)37-15-17-4-5-18(28)14-22(17)29/h2-10,12-14H,1,11,15H2,(H,31,33,35)/b21-12+. The molecule has 4 rings (SSSR count). The average molecular weight is 558 g/mol. The van der Waals surface area contributed by atoms with E-state index < -0.39 is 17.8 Å². The Kier molecular flexibility index (Phi) is 8.18. The third kappa shape index (κ3) is 6.14. The fraction of sp³-hybridized carbons (Fsp3) is 0.0741. The van der Waals surface area contributed by atoms with E-state index in [0.29, 0.717) is 32.1 Å². The number of hydrogen-bond donors (Lipinski definition) is 1. The molecule has 3 aromatic carbocycles. The molecule has 3 aromatic rings. The highest BCUT2D eigenvalue weighted by Gasteiger charge is 2.36. The zero-order valence-electron chi connectivity index (χ0n) is 19.2. The molecule has 1 aliphatic heterocycles. The van der Waals surface area contributed by atoms with Gasteiger partial charge >= 0.3 is 6.03 Å². The van der Waals surface area contributed by atoms with Gasteiger partial charge in [0.05, 0.1) is 10.7 Å². The van der Waals surface area contributed by atoms with E-state index in [0.717, 1.165) is 10.5 Å². The second-order valence-corrected chi connectivity index (χ2v) is 9.02. The van der Waals surface area contributed by atoms with E-state index in [9.17, 15) is 14.4 Å². The first-order valence-corrected chi connectivity index (χ1v) is 12.0. The number of imide groups is 2. The molecule has 0 aliphatic carbocycles. The lowest BCUT2D eigenvalue weighted by molar-refractivity contribution is -0.122. The zero-order chi connectivity index (χ0) is 26.5. The predicted octanol–water partition coefficient (Wildman–Crippen LogP) is 6.46. The molecular weight excluding hydrogens is 539 g/mol. The molecular formula is C27H19Cl3N2O5. The fourth-order valence-corrected chi connectivity index (χ4v) is 4.13. The first kappa shape index (κ1) is 26.3. The van der Waals surface area contributed by atoms with Crippen molar-refractivity contribution in [2.75, 3.05) is 11.5 Å². The van der Waals surface area contributed by atoms with Crippen molar-refractivity contribution in [2.24, 2.45) is 0 Å². The van der Waals surface area contributed by atoms with Crippen LogP contribution in [0.1, 0.15) is 11.1 Å². The highest BCUT2D eigenvalue weighted by Crippen LogP contribution is 2.29. The largest absolute Gasteiger partial charge is 0.489 e. The molecule has 0 saturated carbocycles. The Hall–Kier alpha value is -3.78. The normalized spacial score (nSPS) is 14.5. The number of carbonyl (C=O) groups is 3. The number of amides is 4. The molecule has 0 spiro atoms. The summed E-state index contributed by atoms with van der Waals surface area (Å²) >= 11 is 18.3. The summed E-state index contributed by atoms with van der Waals surface area (Å²) in [6.07, 6.45) is 2.93. The molecule has 1 fully saturated rings. The lowest BCUT2D eigenvalue weighted by atomic mass is 10.1. The maximum atomic E-state index is 13.2. The van der Waals surface area contributed by atoms with Gasteiger partial charge in [-0.05, 0) is 60.2 Å². The van der Waals surface area contributed by atoms with Gasteiger partial charge in [0.2, 0.25) is 0 Å². The van der Waals surface area contributed by atoms with Crippen molar-refractivity contribution < 1.29 is 23.9 Å². The van der Waals surface area contributed by atoms with Crippen LogP contribution >= 0.6 is 34.8 Å². The van der Waals surface area contributed by atoms with Crippen LogP contribution in [0.15, 0.2) is 78.9 Å². The van der Waals surface area contributed by atoms with Crippen LogP contribution in [0, 0.1) is 0 Å². The van der Waals surface area contributed by atoms with E-state index >= 15 is 0 Å². The molecule has 0 atom stereocenters. The molecule has 10 heteroatoms. The average Bonchev–Trinajstić information content (AvgIpc) is 2.86. The third-order valence-corrected chi connectivity index (χ3v) is 6.11. The van der Waals surface area contributed by atoms with E-state index in [1.54, 1.807) is 54.6 Å². The topological polar surface area (TPSA) is 84.9 Å². The summed E-state index contributed by atoms with van der Waals surface area (Å²) in [5.74, 6) is -0.673. The van der Waals surface area contributed by atoms with Crippen LogP contribution in [0.25, 0.3) is 6.08 Å². The quantitative estimate of drug-likeness (QED) is 0.195. The van der Waals surface area contributed by atoms with Crippen LogP contribution in [-0.4, -0.2) is 24.5 Å². The van der Waals surface area contributed by atoms with Crippen molar-refractivity contribution in [2.45, 2.75) is 6.61 Å².